The Balaban J connectivity index is 1.87. The Morgan fingerprint density at radius 1 is 1.17 bits per heavy atom. The van der Waals surface area contributed by atoms with Gasteiger partial charge in [-0.15, -0.1) is 0 Å². The lowest BCUT2D eigenvalue weighted by molar-refractivity contribution is 0.242. The van der Waals surface area contributed by atoms with E-state index in [-0.39, 0.29) is 15.9 Å². The van der Waals surface area contributed by atoms with Gasteiger partial charge in [0, 0.05) is 4.90 Å². The smallest absolute Gasteiger partial charge is 0.238 e. The number of hydrogen-bond acceptors (Lipinski definition) is 5. The quantitative estimate of drug-likeness (QED) is 0.868. The van der Waals surface area contributed by atoms with Crippen molar-refractivity contribution in [1.29, 1.82) is 0 Å². The Labute approximate surface area is 146 Å². The van der Waals surface area contributed by atoms with Crippen LogP contribution in [-0.4, -0.2) is 14.5 Å². The van der Waals surface area contributed by atoms with Crippen LogP contribution in [0.5, 0.6) is 5.75 Å². The molecule has 0 saturated carbocycles. The van der Waals surface area contributed by atoms with Crippen LogP contribution in [0.1, 0.15) is 26.3 Å². The third-order valence-electron chi connectivity index (χ3n) is 3.74. The van der Waals surface area contributed by atoms with Gasteiger partial charge < -0.3 is 10.1 Å². The van der Waals surface area contributed by atoms with Gasteiger partial charge in [-0.05, 0) is 56.7 Å². The summed E-state index contributed by atoms with van der Waals surface area (Å²) >= 11 is 1.64. The highest BCUT2D eigenvalue weighted by Crippen LogP contribution is 2.51. The highest BCUT2D eigenvalue weighted by molar-refractivity contribution is 8.00. The van der Waals surface area contributed by atoms with Gasteiger partial charge in [0.15, 0.2) is 0 Å². The van der Waals surface area contributed by atoms with Crippen molar-refractivity contribution in [3.05, 3.63) is 48.0 Å². The Kier molecular flexibility index (Phi) is 4.27. The SMILES string of the molecule is CC(C)Oc1ccc(C2(C)Nc3cc(S(N)(=O)=O)ccc3S2)cc1. The Morgan fingerprint density at radius 3 is 2.42 bits per heavy atom. The monoisotopic (exact) mass is 364 g/mol. The summed E-state index contributed by atoms with van der Waals surface area (Å²) in [5, 5.41) is 8.61. The molecule has 2 aromatic rings. The van der Waals surface area contributed by atoms with E-state index in [0.29, 0.717) is 0 Å². The Hall–Kier alpha value is -1.70. The molecule has 3 rings (SSSR count). The number of ether oxygens (including phenoxy) is 1. The van der Waals surface area contributed by atoms with Gasteiger partial charge in [-0.1, -0.05) is 23.9 Å². The van der Waals surface area contributed by atoms with Crippen LogP contribution in [0.15, 0.2) is 52.3 Å². The molecular weight excluding hydrogens is 344 g/mol. The van der Waals surface area contributed by atoms with E-state index in [1.807, 2.05) is 38.1 Å². The maximum absolute atomic E-state index is 11.5. The van der Waals surface area contributed by atoms with Crippen molar-refractivity contribution in [3.63, 3.8) is 0 Å². The minimum Gasteiger partial charge on any atom is -0.491 e. The summed E-state index contributed by atoms with van der Waals surface area (Å²) in [5.41, 5.74) is 1.86. The summed E-state index contributed by atoms with van der Waals surface area (Å²) in [6, 6.07) is 12.8. The van der Waals surface area contributed by atoms with Gasteiger partial charge in [-0.2, -0.15) is 0 Å². The number of anilines is 1. The van der Waals surface area contributed by atoms with Crippen LogP contribution in [0.3, 0.4) is 0 Å². The second-order valence-electron chi connectivity index (χ2n) is 6.15. The van der Waals surface area contributed by atoms with Crippen LogP contribution >= 0.6 is 11.8 Å². The summed E-state index contributed by atoms with van der Waals surface area (Å²) in [6.45, 7) is 6.04. The average Bonchev–Trinajstić information content (AvgIpc) is 2.82. The maximum atomic E-state index is 11.5. The molecule has 0 radical (unpaired) electrons. The third kappa shape index (κ3) is 3.38. The van der Waals surface area contributed by atoms with E-state index in [1.165, 1.54) is 6.07 Å². The zero-order valence-corrected chi connectivity index (χ0v) is 15.4. The first-order valence-corrected chi connectivity index (χ1v) is 9.95. The first-order chi connectivity index (χ1) is 11.2. The molecular formula is C17H20N2O3S2. The molecule has 1 unspecified atom stereocenters. The van der Waals surface area contributed by atoms with Crippen molar-refractivity contribution in [2.24, 2.45) is 5.14 Å². The first-order valence-electron chi connectivity index (χ1n) is 7.59. The predicted octanol–water partition coefficient (Wildman–Crippen LogP) is 3.51. The van der Waals surface area contributed by atoms with Crippen LogP contribution in [0.4, 0.5) is 5.69 Å². The molecule has 0 spiro atoms. The number of sulfonamides is 1. The number of benzene rings is 2. The highest BCUT2D eigenvalue weighted by atomic mass is 32.2. The third-order valence-corrected chi connectivity index (χ3v) is 5.98. The van der Waals surface area contributed by atoms with Gasteiger partial charge in [0.1, 0.15) is 10.6 Å². The average molecular weight is 364 g/mol. The molecule has 128 valence electrons. The maximum Gasteiger partial charge on any atom is 0.238 e. The molecule has 1 atom stereocenters. The molecule has 0 fully saturated rings. The fraction of sp³-hybridized carbons (Fsp3) is 0.294. The van der Waals surface area contributed by atoms with E-state index >= 15 is 0 Å². The molecule has 0 amide bonds. The summed E-state index contributed by atoms with van der Waals surface area (Å²) in [6.07, 6.45) is 0.131. The lowest BCUT2D eigenvalue weighted by Crippen LogP contribution is -2.23. The van der Waals surface area contributed by atoms with Crippen LogP contribution in [0.2, 0.25) is 0 Å². The van der Waals surface area contributed by atoms with Crippen LogP contribution in [-0.2, 0) is 14.9 Å². The van der Waals surface area contributed by atoms with Crippen LogP contribution in [0.25, 0.3) is 0 Å². The fourth-order valence-electron chi connectivity index (χ4n) is 2.63. The van der Waals surface area contributed by atoms with Crippen molar-refractivity contribution in [2.45, 2.75) is 41.5 Å². The van der Waals surface area contributed by atoms with Crippen LogP contribution < -0.4 is 15.2 Å². The summed E-state index contributed by atoms with van der Waals surface area (Å²) in [5.74, 6) is 0.828. The number of nitrogens with two attached hydrogens (primary N) is 1. The molecule has 3 N–H and O–H groups in total. The van der Waals surface area contributed by atoms with E-state index in [4.69, 9.17) is 9.88 Å². The molecule has 7 heteroatoms. The molecule has 24 heavy (non-hydrogen) atoms. The molecule has 1 aliphatic rings. The molecule has 1 heterocycles. The second kappa shape index (κ2) is 5.98. The minimum absolute atomic E-state index is 0.110. The van der Waals surface area contributed by atoms with E-state index in [2.05, 4.69) is 12.2 Å². The van der Waals surface area contributed by atoms with Gasteiger partial charge in [0.2, 0.25) is 10.0 Å². The molecule has 5 nitrogen and oxygen atoms in total. The number of nitrogens with one attached hydrogen (secondary N) is 1. The van der Waals surface area contributed by atoms with Crippen molar-refractivity contribution in [1.82, 2.24) is 0 Å². The summed E-state index contributed by atoms with van der Waals surface area (Å²) in [4.78, 5) is 0.724. The van der Waals surface area contributed by atoms with Crippen molar-refractivity contribution < 1.29 is 13.2 Å². The van der Waals surface area contributed by atoms with Gasteiger partial charge in [0.25, 0.3) is 0 Å². The van der Waals surface area contributed by atoms with Crippen molar-refractivity contribution in [3.8, 4) is 5.75 Å². The van der Waals surface area contributed by atoms with Gasteiger partial charge in [0.05, 0.1) is 16.7 Å². The number of primary sulfonamides is 1. The number of rotatable bonds is 4. The zero-order valence-electron chi connectivity index (χ0n) is 13.7. The first kappa shape index (κ1) is 17.1. The normalized spacial score (nSPS) is 19.9. The summed E-state index contributed by atoms with van der Waals surface area (Å²) in [7, 11) is -3.71. The minimum atomic E-state index is -3.71. The largest absolute Gasteiger partial charge is 0.491 e. The van der Waals surface area contributed by atoms with Gasteiger partial charge in [-0.25, -0.2) is 13.6 Å². The molecule has 0 aromatic heterocycles. The molecule has 0 saturated heterocycles. The Bertz CT molecular complexity index is 864. The van der Waals surface area contributed by atoms with Crippen molar-refractivity contribution in [2.75, 3.05) is 5.32 Å². The zero-order chi connectivity index (χ0) is 17.5. The lowest BCUT2D eigenvalue weighted by atomic mass is 10.1. The highest BCUT2D eigenvalue weighted by Gasteiger charge is 2.35. The van der Waals surface area contributed by atoms with Gasteiger partial charge in [-0.3, -0.25) is 0 Å². The van der Waals surface area contributed by atoms with Gasteiger partial charge >= 0.3 is 0 Å². The van der Waals surface area contributed by atoms with E-state index in [1.54, 1.807) is 23.9 Å². The summed E-state index contributed by atoms with van der Waals surface area (Å²) < 4.78 is 28.7. The number of thioether (sulfide) groups is 1. The van der Waals surface area contributed by atoms with Crippen LogP contribution in [0, 0.1) is 0 Å². The topological polar surface area (TPSA) is 81.4 Å². The van der Waals surface area contributed by atoms with Crippen molar-refractivity contribution >= 4 is 27.5 Å². The van der Waals surface area contributed by atoms with E-state index < -0.39 is 10.0 Å². The molecule has 2 aromatic carbocycles. The predicted molar refractivity (Wildman–Crippen MR) is 96.9 cm³/mol. The van der Waals surface area contributed by atoms with E-state index in [0.717, 1.165) is 21.9 Å². The molecule has 0 bridgehead atoms. The lowest BCUT2D eigenvalue weighted by Gasteiger charge is -2.25. The Morgan fingerprint density at radius 2 is 1.83 bits per heavy atom. The number of hydrogen-bond donors (Lipinski definition) is 2. The second-order valence-corrected chi connectivity index (χ2v) is 9.18. The van der Waals surface area contributed by atoms with E-state index in [9.17, 15) is 8.42 Å². The number of fused-ring (bicyclic) bond motifs is 1. The molecule has 1 aliphatic heterocycles. The fourth-order valence-corrected chi connectivity index (χ4v) is 4.38. The molecule has 0 aliphatic carbocycles. The standard InChI is InChI=1S/C17H20N2O3S2/c1-11(2)22-13-6-4-12(5-7-13)17(3)19-15-10-14(24(18,20)21)8-9-16(15)23-17/h4-11,19H,1-3H3,(H2,18,20,21).